The Labute approximate surface area is 302 Å². The number of anilines is 3. The molecule has 0 fully saturated rings. The minimum atomic E-state index is -0.0814. The summed E-state index contributed by atoms with van der Waals surface area (Å²) in [6, 6.07) is 43.5. The second-order valence-corrected chi connectivity index (χ2v) is 16.3. The van der Waals surface area contributed by atoms with Crippen molar-refractivity contribution in [3.8, 4) is 22.3 Å². The number of hydrogen-bond acceptors (Lipinski definition) is 2. The molecule has 2 heteroatoms. The van der Waals surface area contributed by atoms with Gasteiger partial charge in [0.15, 0.2) is 0 Å². The van der Waals surface area contributed by atoms with Gasteiger partial charge in [0.2, 0.25) is 0 Å². The van der Waals surface area contributed by atoms with Crippen molar-refractivity contribution >= 4 is 17.1 Å². The molecule has 0 bridgehead atoms. The lowest BCUT2D eigenvalue weighted by atomic mass is 9.82. The topological polar surface area (TPSA) is 6.48 Å². The lowest BCUT2D eigenvalue weighted by Crippen LogP contribution is -2.34. The van der Waals surface area contributed by atoms with Crippen molar-refractivity contribution in [2.45, 2.75) is 57.9 Å². The largest absolute Gasteiger partial charge is 0.337 e. The maximum atomic E-state index is 2.61. The van der Waals surface area contributed by atoms with Crippen LogP contribution in [0.25, 0.3) is 22.3 Å². The highest BCUT2D eigenvalue weighted by Gasteiger charge is 2.42. The van der Waals surface area contributed by atoms with Crippen LogP contribution in [-0.4, -0.2) is 6.04 Å². The molecule has 0 N–H and O–H groups in total. The first-order valence-electron chi connectivity index (χ1n) is 18.7. The molecule has 5 aromatic carbocycles. The second kappa shape index (κ2) is 10.8. The van der Waals surface area contributed by atoms with Gasteiger partial charge in [-0.2, -0.15) is 0 Å². The molecule has 10 rings (SSSR count). The van der Waals surface area contributed by atoms with Crippen molar-refractivity contribution in [1.82, 2.24) is 0 Å². The molecule has 0 saturated heterocycles. The van der Waals surface area contributed by atoms with E-state index in [-0.39, 0.29) is 22.8 Å². The molecule has 2 nitrogen and oxygen atoms in total. The first-order valence-corrected chi connectivity index (χ1v) is 18.7. The van der Waals surface area contributed by atoms with Crippen molar-refractivity contribution in [3.63, 3.8) is 0 Å². The molecular weight excluding hydrogens is 617 g/mol. The minimum Gasteiger partial charge on any atom is -0.337 e. The third kappa shape index (κ3) is 4.35. The predicted octanol–water partition coefficient (Wildman–Crippen LogP) is 12.2. The zero-order valence-electron chi connectivity index (χ0n) is 30.2. The van der Waals surface area contributed by atoms with Crippen LogP contribution >= 0.6 is 0 Å². The molecule has 250 valence electrons. The number of nitrogens with zero attached hydrogens (tertiary/aromatic N) is 2. The molecule has 51 heavy (non-hydrogen) atoms. The SMILES string of the molecule is CC1C=CC2=C(C1)N(c1ccccc1)C1C=CC(N(c3ccc4c(c3)C(C)(C)c3ccccc3-4)c3ccc4c(c3)C(C)(C)c3ccccc3-4)=CC21. The average Bonchev–Trinajstić information content (AvgIpc) is 3.68. The summed E-state index contributed by atoms with van der Waals surface area (Å²) in [6.07, 6.45) is 13.3. The van der Waals surface area contributed by atoms with Gasteiger partial charge in [-0.1, -0.05) is 138 Å². The highest BCUT2D eigenvalue weighted by molar-refractivity contribution is 5.87. The normalized spacial score (nSPS) is 22.5. The van der Waals surface area contributed by atoms with Gasteiger partial charge in [-0.05, 0) is 105 Å². The van der Waals surface area contributed by atoms with E-state index in [2.05, 4.69) is 190 Å². The minimum absolute atomic E-state index is 0.0814. The molecule has 3 atom stereocenters. The van der Waals surface area contributed by atoms with Crippen LogP contribution in [-0.2, 0) is 10.8 Å². The Balaban J connectivity index is 1.14. The molecule has 5 aliphatic rings. The van der Waals surface area contributed by atoms with Crippen molar-refractivity contribution < 1.29 is 0 Å². The van der Waals surface area contributed by atoms with Crippen molar-refractivity contribution in [1.29, 1.82) is 0 Å². The third-order valence-electron chi connectivity index (χ3n) is 12.5. The van der Waals surface area contributed by atoms with E-state index in [4.69, 9.17) is 0 Å². The monoisotopic (exact) mass is 660 g/mol. The van der Waals surface area contributed by atoms with Crippen LogP contribution in [0.15, 0.2) is 163 Å². The van der Waals surface area contributed by atoms with Gasteiger partial charge in [0.05, 0.1) is 6.04 Å². The Bertz CT molecular complexity index is 2280. The quantitative estimate of drug-likeness (QED) is 0.189. The van der Waals surface area contributed by atoms with Crippen LogP contribution in [0.1, 0.15) is 63.3 Å². The van der Waals surface area contributed by atoms with Crippen molar-refractivity contribution in [2.75, 3.05) is 9.80 Å². The summed E-state index contributed by atoms with van der Waals surface area (Å²) in [5, 5.41) is 0. The second-order valence-electron chi connectivity index (χ2n) is 16.3. The van der Waals surface area contributed by atoms with E-state index in [1.54, 1.807) is 0 Å². The Hall–Kier alpha value is -5.34. The van der Waals surface area contributed by atoms with E-state index in [1.165, 1.54) is 78.5 Å². The van der Waals surface area contributed by atoms with Gasteiger partial charge >= 0.3 is 0 Å². The van der Waals surface area contributed by atoms with Crippen LogP contribution in [0.4, 0.5) is 17.1 Å². The molecule has 0 aromatic heterocycles. The number of allylic oxidation sites excluding steroid dienone is 4. The fourth-order valence-electron chi connectivity index (χ4n) is 9.93. The van der Waals surface area contributed by atoms with E-state index in [0.717, 1.165) is 6.42 Å². The summed E-state index contributed by atoms with van der Waals surface area (Å²) in [5.41, 5.74) is 18.7. The van der Waals surface area contributed by atoms with Gasteiger partial charge in [0.25, 0.3) is 0 Å². The van der Waals surface area contributed by atoms with Gasteiger partial charge < -0.3 is 9.80 Å². The number of rotatable bonds is 4. The van der Waals surface area contributed by atoms with Crippen molar-refractivity contribution in [2.24, 2.45) is 11.8 Å². The summed E-state index contributed by atoms with van der Waals surface area (Å²) in [5.74, 6) is 0.786. The lowest BCUT2D eigenvalue weighted by Gasteiger charge is -2.35. The highest BCUT2D eigenvalue weighted by atomic mass is 15.2. The van der Waals surface area contributed by atoms with E-state index < -0.39 is 0 Å². The van der Waals surface area contributed by atoms with Crippen LogP contribution in [0.2, 0.25) is 0 Å². The summed E-state index contributed by atoms with van der Waals surface area (Å²) < 4.78 is 0. The summed E-state index contributed by atoms with van der Waals surface area (Å²) >= 11 is 0. The van der Waals surface area contributed by atoms with E-state index >= 15 is 0 Å². The molecule has 5 aromatic rings. The first-order chi connectivity index (χ1) is 24.7. The fourth-order valence-corrected chi connectivity index (χ4v) is 9.93. The highest BCUT2D eigenvalue weighted by Crippen LogP contribution is 2.53. The zero-order valence-corrected chi connectivity index (χ0v) is 30.2. The van der Waals surface area contributed by atoms with E-state index in [9.17, 15) is 0 Å². The maximum absolute atomic E-state index is 2.61. The standard InChI is InChI=1S/C49H44N2/c1-31-19-23-40-41-28-33(22-26-46(41)51(47(40)27-31)32-13-7-6-8-14-32)50(34-20-24-38-36-15-9-11-17-42(36)48(2,3)44(38)29-34)35-21-25-39-37-16-10-12-18-43(37)49(4,5)45(39)30-35/h6-26,28-31,41,46H,27H2,1-5H3. The summed E-state index contributed by atoms with van der Waals surface area (Å²) in [7, 11) is 0. The molecular formula is C49H44N2. The lowest BCUT2D eigenvalue weighted by molar-refractivity contribution is 0.658. The van der Waals surface area contributed by atoms with E-state index in [1.807, 2.05) is 0 Å². The Morgan fingerprint density at radius 2 is 1.14 bits per heavy atom. The molecule has 3 unspecified atom stereocenters. The molecule has 4 aliphatic carbocycles. The number of hydrogen-bond donors (Lipinski definition) is 0. The molecule has 1 aliphatic heterocycles. The fraction of sp³-hybridized carbons (Fsp3) is 0.224. The van der Waals surface area contributed by atoms with E-state index in [0.29, 0.717) is 5.92 Å². The summed E-state index contributed by atoms with van der Waals surface area (Å²) in [6.45, 7) is 11.9. The van der Waals surface area contributed by atoms with Gasteiger partial charge in [-0.15, -0.1) is 0 Å². The molecule has 0 amide bonds. The number of fused-ring (bicyclic) bond motifs is 8. The van der Waals surface area contributed by atoms with Crippen molar-refractivity contribution in [3.05, 3.63) is 185 Å². The van der Waals surface area contributed by atoms with Gasteiger partial charge in [-0.3, -0.25) is 0 Å². The molecule has 0 radical (unpaired) electrons. The van der Waals surface area contributed by atoms with Gasteiger partial charge in [-0.25, -0.2) is 0 Å². The maximum Gasteiger partial charge on any atom is 0.0627 e. The number of para-hydroxylation sites is 1. The van der Waals surface area contributed by atoms with Crippen LogP contribution < -0.4 is 9.80 Å². The molecule has 0 spiro atoms. The van der Waals surface area contributed by atoms with Crippen LogP contribution in [0.3, 0.4) is 0 Å². The van der Waals surface area contributed by atoms with Crippen LogP contribution in [0.5, 0.6) is 0 Å². The Morgan fingerprint density at radius 1 is 0.588 bits per heavy atom. The smallest absolute Gasteiger partial charge is 0.0627 e. The number of benzene rings is 5. The molecule has 0 saturated carbocycles. The van der Waals surface area contributed by atoms with Gasteiger partial charge in [0, 0.05) is 45.2 Å². The first kappa shape index (κ1) is 30.5. The zero-order chi connectivity index (χ0) is 34.6. The summed E-state index contributed by atoms with van der Waals surface area (Å²) in [4.78, 5) is 5.14. The van der Waals surface area contributed by atoms with Crippen LogP contribution in [0, 0.1) is 11.8 Å². The third-order valence-corrected chi connectivity index (χ3v) is 12.5. The Morgan fingerprint density at radius 3 is 1.75 bits per heavy atom. The van der Waals surface area contributed by atoms with Gasteiger partial charge in [0.1, 0.15) is 0 Å². The molecule has 1 heterocycles. The average molecular weight is 661 g/mol. The Kier molecular flexibility index (Phi) is 6.47. The predicted molar refractivity (Wildman–Crippen MR) is 214 cm³/mol.